The van der Waals surface area contributed by atoms with Gasteiger partial charge in [0.1, 0.15) is 75.2 Å². The summed E-state index contributed by atoms with van der Waals surface area (Å²) >= 11 is 0. The molecule has 0 saturated carbocycles. The fourth-order valence-corrected chi connectivity index (χ4v) is 6.41. The predicted octanol–water partition coefficient (Wildman–Crippen LogP) is 6.89. The number of carbonyl (C=O) groups is 3. The fraction of sp³-hybridized carbons (Fsp3) is 0.438. The van der Waals surface area contributed by atoms with Crippen LogP contribution in [0, 0.1) is 0 Å². The zero-order valence-corrected chi connectivity index (χ0v) is 36.1. The Morgan fingerprint density at radius 1 is 0.550 bits per heavy atom. The largest absolute Gasteiger partial charge is 0.490 e. The highest BCUT2D eigenvalue weighted by Gasteiger charge is 2.36. The Bertz CT molecular complexity index is 1970. The summed E-state index contributed by atoms with van der Waals surface area (Å²) in [7, 11) is 0. The molecule has 5 atom stereocenters. The predicted molar refractivity (Wildman–Crippen MR) is 229 cm³/mol. The molecule has 0 aromatic heterocycles. The third-order valence-electron chi connectivity index (χ3n) is 10.3. The van der Waals surface area contributed by atoms with E-state index in [1.807, 2.05) is 73.7 Å². The van der Waals surface area contributed by atoms with Crippen molar-refractivity contribution >= 4 is 17.9 Å². The van der Waals surface area contributed by atoms with Crippen molar-refractivity contribution in [2.24, 2.45) is 0 Å². The molecule has 0 spiro atoms. The van der Waals surface area contributed by atoms with Crippen LogP contribution in [0.15, 0.2) is 103 Å². The van der Waals surface area contributed by atoms with Gasteiger partial charge < -0.3 is 43.7 Å². The van der Waals surface area contributed by atoms with E-state index in [1.165, 1.54) is 20.8 Å². The first-order valence-electron chi connectivity index (χ1n) is 20.1. The summed E-state index contributed by atoms with van der Waals surface area (Å²) in [5.41, 5.74) is 2.69. The van der Waals surface area contributed by atoms with Crippen LogP contribution in [-0.4, -0.2) is 91.2 Å². The van der Waals surface area contributed by atoms with E-state index in [0.29, 0.717) is 36.5 Å². The molecule has 3 aromatic rings. The van der Waals surface area contributed by atoms with Crippen molar-refractivity contribution < 1.29 is 58.1 Å². The topological polar surface area (TPSA) is 167 Å². The third-order valence-corrected chi connectivity index (χ3v) is 10.3. The van der Waals surface area contributed by atoms with Crippen LogP contribution in [-0.2, 0) is 45.8 Å². The van der Waals surface area contributed by atoms with E-state index in [0.717, 1.165) is 22.3 Å². The van der Waals surface area contributed by atoms with Gasteiger partial charge in [0.2, 0.25) is 0 Å². The number of esters is 3. The molecule has 5 unspecified atom stereocenters. The number of aliphatic hydroxyl groups excluding tert-OH is 3. The van der Waals surface area contributed by atoms with Gasteiger partial charge in [0, 0.05) is 44.2 Å². The van der Waals surface area contributed by atoms with Gasteiger partial charge in [0.15, 0.2) is 0 Å². The maximum Gasteiger partial charge on any atom is 0.333 e. The maximum absolute atomic E-state index is 12.1. The summed E-state index contributed by atoms with van der Waals surface area (Å²) in [6.45, 7) is 22.3. The van der Waals surface area contributed by atoms with Crippen LogP contribution in [0.4, 0.5) is 0 Å². The first-order chi connectivity index (χ1) is 28.4. The number of para-hydroxylation sites is 3. The first kappa shape index (κ1) is 48.9. The van der Waals surface area contributed by atoms with Crippen LogP contribution in [0.25, 0.3) is 0 Å². The number of benzene rings is 3. The van der Waals surface area contributed by atoms with Crippen molar-refractivity contribution in [2.75, 3.05) is 39.6 Å². The monoisotopic (exact) mass is 830 g/mol. The van der Waals surface area contributed by atoms with Crippen LogP contribution in [0.5, 0.6) is 17.2 Å². The summed E-state index contributed by atoms with van der Waals surface area (Å²) in [4.78, 5) is 35.9. The van der Waals surface area contributed by atoms with Crippen molar-refractivity contribution in [3.05, 3.63) is 125 Å². The Balaban J connectivity index is 2.06. The second kappa shape index (κ2) is 22.8. The summed E-state index contributed by atoms with van der Waals surface area (Å²) < 4.78 is 34.4. The molecule has 0 bridgehead atoms. The Hall–Kier alpha value is -5.43. The Kier molecular flexibility index (Phi) is 18.6. The maximum atomic E-state index is 12.1. The van der Waals surface area contributed by atoms with E-state index in [9.17, 15) is 29.7 Å². The van der Waals surface area contributed by atoms with Crippen LogP contribution in [0.3, 0.4) is 0 Å². The summed E-state index contributed by atoms with van der Waals surface area (Å²) in [5, 5.41) is 32.2. The molecule has 0 aliphatic carbocycles. The van der Waals surface area contributed by atoms with Gasteiger partial charge in [-0.25, -0.2) is 14.4 Å². The lowest BCUT2D eigenvalue weighted by molar-refractivity contribution is -0.143. The van der Waals surface area contributed by atoms with Gasteiger partial charge >= 0.3 is 17.9 Å². The minimum Gasteiger partial charge on any atom is -0.490 e. The molecule has 3 aromatic carbocycles. The Morgan fingerprint density at radius 3 is 1.38 bits per heavy atom. The van der Waals surface area contributed by atoms with Gasteiger partial charge in [-0.2, -0.15) is 0 Å². The number of carbonyl (C=O) groups excluding carboxylic acids is 3. The molecule has 0 amide bonds. The molecule has 3 N–H and O–H groups in total. The zero-order chi connectivity index (χ0) is 44.6. The van der Waals surface area contributed by atoms with Gasteiger partial charge in [-0.1, -0.05) is 102 Å². The molecular weight excluding hydrogens is 769 g/mol. The highest BCUT2D eigenvalue weighted by atomic mass is 16.6. The van der Waals surface area contributed by atoms with Crippen LogP contribution in [0.2, 0.25) is 0 Å². The smallest absolute Gasteiger partial charge is 0.333 e. The van der Waals surface area contributed by atoms with Gasteiger partial charge in [0.25, 0.3) is 0 Å². The highest BCUT2D eigenvalue weighted by Crippen LogP contribution is 2.47. The molecular formula is C48H62O12. The quantitative estimate of drug-likeness (QED) is 0.0461. The van der Waals surface area contributed by atoms with Crippen LogP contribution < -0.4 is 14.2 Å². The summed E-state index contributed by atoms with van der Waals surface area (Å²) in [6, 6.07) is 21.0. The second-order valence-electron chi connectivity index (χ2n) is 15.6. The Labute approximate surface area is 354 Å². The van der Waals surface area contributed by atoms with Gasteiger partial charge in [-0.05, 0) is 57.7 Å². The van der Waals surface area contributed by atoms with Crippen molar-refractivity contribution in [1.29, 1.82) is 0 Å². The van der Waals surface area contributed by atoms with Gasteiger partial charge in [-0.3, -0.25) is 0 Å². The summed E-state index contributed by atoms with van der Waals surface area (Å²) in [5.74, 6) is -0.225. The molecule has 60 heavy (non-hydrogen) atoms. The van der Waals surface area contributed by atoms with Crippen molar-refractivity contribution in [3.8, 4) is 17.2 Å². The van der Waals surface area contributed by atoms with Crippen LogP contribution >= 0.6 is 0 Å². The van der Waals surface area contributed by atoms with E-state index in [1.54, 1.807) is 0 Å². The summed E-state index contributed by atoms with van der Waals surface area (Å²) in [6.07, 6.45) is -1.63. The molecule has 12 nitrogen and oxygen atoms in total. The number of ether oxygens (including phenoxy) is 6. The van der Waals surface area contributed by atoms with E-state index in [2.05, 4.69) is 40.5 Å². The Morgan fingerprint density at radius 2 is 0.950 bits per heavy atom. The number of hydrogen-bond acceptors (Lipinski definition) is 12. The number of rotatable bonds is 25. The lowest BCUT2D eigenvalue weighted by atomic mass is 9.71. The fourth-order valence-electron chi connectivity index (χ4n) is 6.41. The first-order valence-corrected chi connectivity index (χ1v) is 20.1. The SMILES string of the molecule is C=C(C)C(=O)OCC(O)COc1ccccc1C(C)(CC)Cc1cccc(C(C)(CC)c2ccccc2OCC(O)COC(=O)C(=C)C)c1OCC(O)COC(=O)C(=C)C. The third kappa shape index (κ3) is 13.6. The van der Waals surface area contributed by atoms with Crippen molar-refractivity contribution in [3.63, 3.8) is 0 Å². The standard InChI is InChI=1S/C48H62O12/c1-11-47(9,38-19-13-15-22-41(38)55-25-35(49)28-58-44(52)31(3)4)24-34-18-17-21-40(43(34)57-27-37(51)30-60-46(54)33(7)8)48(10,12-2)39-20-14-16-23-42(39)56-26-36(50)29-59-45(53)32(5)6/h13-23,35-37,49-51H,3,5,7,11-12,24-30H2,1-2,4,6,8-10H3. The van der Waals surface area contributed by atoms with Crippen molar-refractivity contribution in [1.82, 2.24) is 0 Å². The molecule has 0 heterocycles. The average Bonchev–Trinajstić information content (AvgIpc) is 3.24. The van der Waals surface area contributed by atoms with Gasteiger partial charge in [-0.15, -0.1) is 0 Å². The van der Waals surface area contributed by atoms with E-state index in [-0.39, 0.29) is 56.4 Å². The molecule has 12 heteroatoms. The minimum absolute atomic E-state index is 0.120. The average molecular weight is 831 g/mol. The van der Waals surface area contributed by atoms with E-state index in [4.69, 9.17) is 28.4 Å². The zero-order valence-electron chi connectivity index (χ0n) is 36.1. The molecule has 0 saturated heterocycles. The highest BCUT2D eigenvalue weighted by molar-refractivity contribution is 5.87. The van der Waals surface area contributed by atoms with Gasteiger partial charge in [0.05, 0.1) is 0 Å². The van der Waals surface area contributed by atoms with Crippen molar-refractivity contribution in [2.45, 2.75) is 96.9 Å². The molecule has 0 radical (unpaired) electrons. The number of aliphatic hydroxyl groups is 3. The molecule has 0 aliphatic heterocycles. The second-order valence-corrected chi connectivity index (χ2v) is 15.6. The minimum atomic E-state index is -1.16. The molecule has 0 aliphatic rings. The lowest BCUT2D eigenvalue weighted by Gasteiger charge is -2.36. The number of hydrogen-bond donors (Lipinski definition) is 3. The lowest BCUT2D eigenvalue weighted by Crippen LogP contribution is -2.31. The molecule has 0 fully saturated rings. The molecule has 326 valence electrons. The van der Waals surface area contributed by atoms with Crippen LogP contribution in [0.1, 0.15) is 83.6 Å². The molecule has 3 rings (SSSR count). The van der Waals surface area contributed by atoms with E-state index >= 15 is 0 Å². The van der Waals surface area contributed by atoms with E-state index < -0.39 is 47.0 Å². The normalized spacial score (nSPS) is 14.6.